The fourth-order valence-electron chi connectivity index (χ4n) is 6.39. The van der Waals surface area contributed by atoms with E-state index >= 15 is 0 Å². The molecule has 0 aliphatic rings. The van der Waals surface area contributed by atoms with Crippen molar-refractivity contribution in [3.63, 3.8) is 0 Å². The zero-order valence-electron chi connectivity index (χ0n) is 34.8. The van der Waals surface area contributed by atoms with Crippen molar-refractivity contribution in [2.75, 3.05) is 34.3 Å². The lowest BCUT2D eigenvalue weighted by molar-refractivity contribution is 0.416. The average Bonchev–Trinajstić information content (AvgIpc) is 3.75. The Hall–Kier alpha value is -8.35. The molecule has 0 radical (unpaired) electrons. The molecule has 5 aromatic carbocycles. The van der Waals surface area contributed by atoms with Gasteiger partial charge in [-0.2, -0.15) is 5.10 Å². The van der Waals surface area contributed by atoms with Crippen molar-refractivity contribution in [2.24, 2.45) is 0 Å². The summed E-state index contributed by atoms with van der Waals surface area (Å²) in [5.41, 5.74) is 6.87. The summed E-state index contributed by atoms with van der Waals surface area (Å²) in [7, 11) is -4.59. The van der Waals surface area contributed by atoms with Crippen molar-refractivity contribution in [3.8, 4) is 17.2 Å². The van der Waals surface area contributed by atoms with Gasteiger partial charge >= 0.3 is 0 Å². The molecule has 4 N–H and O–H groups in total. The molecular formula is C47H40N10O6S2. The second kappa shape index (κ2) is 19.4. The van der Waals surface area contributed by atoms with Gasteiger partial charge in [-0.3, -0.25) is 0 Å². The van der Waals surface area contributed by atoms with Crippen LogP contribution in [0.2, 0.25) is 0 Å². The molecule has 0 unspecified atom stereocenters. The van der Waals surface area contributed by atoms with Crippen LogP contribution in [0.1, 0.15) is 22.5 Å². The minimum Gasteiger partial charge on any atom is -0.495 e. The summed E-state index contributed by atoms with van der Waals surface area (Å²) in [6.07, 6.45) is 13.6. The summed E-state index contributed by atoms with van der Waals surface area (Å²) >= 11 is 0. The summed E-state index contributed by atoms with van der Waals surface area (Å²) in [4.78, 5) is 15.8. The van der Waals surface area contributed by atoms with E-state index in [9.17, 15) is 16.8 Å². The third kappa shape index (κ3) is 10.8. The highest BCUT2D eigenvalue weighted by molar-refractivity contribution is 7.93. The number of hydrogen-bond acceptors (Lipinski definition) is 13. The Labute approximate surface area is 375 Å². The largest absolute Gasteiger partial charge is 0.495 e. The molecule has 8 rings (SSSR count). The Morgan fingerprint density at radius 2 is 0.969 bits per heavy atom. The Morgan fingerprint density at radius 3 is 1.43 bits per heavy atom. The normalized spacial score (nSPS) is 11.7. The zero-order valence-corrected chi connectivity index (χ0v) is 36.4. The molecule has 8 aromatic rings. The number of para-hydroxylation sites is 1. The number of anilines is 6. The zero-order chi connectivity index (χ0) is 45.2. The SMILES string of the molecule is COc1cc(/C=C/c2cc(/C=C/c3ccc(Nc4ccc(S(=O)(=O)Nc5ncccn5)cc4)c(OC)c3)n(-c3ccccc3)n2)ccc1Nc1ccc(S(=O)(=O)Nc2ncccn2)cc1. The Bertz CT molecular complexity index is 3190. The monoisotopic (exact) mass is 904 g/mol. The fraction of sp³-hybridized carbons (Fsp3) is 0.0426. The van der Waals surface area contributed by atoms with Gasteiger partial charge < -0.3 is 20.1 Å². The number of nitrogens with zero attached hydrogens (tertiary/aromatic N) is 6. The summed E-state index contributed by atoms with van der Waals surface area (Å²) in [5.74, 6) is 1.14. The maximum absolute atomic E-state index is 12.8. The van der Waals surface area contributed by atoms with Crippen LogP contribution in [0.25, 0.3) is 30.0 Å². The first-order chi connectivity index (χ1) is 31.5. The molecule has 3 aromatic heterocycles. The highest BCUT2D eigenvalue weighted by Crippen LogP contribution is 2.32. The second-order valence-corrected chi connectivity index (χ2v) is 17.3. The van der Waals surface area contributed by atoms with E-state index in [-0.39, 0.29) is 21.7 Å². The van der Waals surface area contributed by atoms with Gasteiger partial charge in [-0.25, -0.2) is 50.9 Å². The van der Waals surface area contributed by atoms with Gasteiger partial charge in [0.2, 0.25) is 11.9 Å². The fourth-order valence-corrected chi connectivity index (χ4v) is 8.31. The van der Waals surface area contributed by atoms with E-state index < -0.39 is 20.0 Å². The first-order valence-corrected chi connectivity index (χ1v) is 22.7. The number of rotatable bonds is 17. The van der Waals surface area contributed by atoms with Gasteiger partial charge in [-0.05, 0) is 126 Å². The maximum Gasteiger partial charge on any atom is 0.264 e. The summed E-state index contributed by atoms with van der Waals surface area (Å²) in [6, 6.07) is 39.1. The van der Waals surface area contributed by atoms with Crippen LogP contribution in [-0.4, -0.2) is 60.8 Å². The molecule has 3 heterocycles. The summed E-state index contributed by atoms with van der Waals surface area (Å²) in [5, 5.41) is 11.5. The predicted octanol–water partition coefficient (Wildman–Crippen LogP) is 8.90. The summed E-state index contributed by atoms with van der Waals surface area (Å²) in [6.45, 7) is 0. The minimum absolute atomic E-state index is 0.0136. The quantitative estimate of drug-likeness (QED) is 0.0675. The Morgan fingerprint density at radius 1 is 0.508 bits per heavy atom. The molecule has 18 heteroatoms. The first-order valence-electron chi connectivity index (χ1n) is 19.8. The number of nitrogens with one attached hydrogen (secondary N) is 4. The third-order valence-electron chi connectivity index (χ3n) is 9.57. The van der Waals surface area contributed by atoms with Gasteiger partial charge in [-0.1, -0.05) is 42.5 Å². The van der Waals surface area contributed by atoms with E-state index in [4.69, 9.17) is 14.6 Å². The van der Waals surface area contributed by atoms with Gasteiger partial charge in [-0.15, -0.1) is 0 Å². The smallest absolute Gasteiger partial charge is 0.264 e. The number of benzene rings is 5. The van der Waals surface area contributed by atoms with Crippen molar-refractivity contribution in [1.29, 1.82) is 0 Å². The molecule has 0 saturated heterocycles. The lowest BCUT2D eigenvalue weighted by Crippen LogP contribution is -2.14. The standard InChI is InChI=1S/C47H40N10O6S2/c1-62-44-30-33(12-24-42(44)52-35-15-20-40(21-16-35)64(58,59)55-46-48-26-6-27-49-46)10-14-37-32-39(57(54-37)38-8-4-3-5-9-38)19-11-34-13-25-43(45(31-34)63-2)53-36-17-22-41(23-18-36)65(60,61)56-47-50-28-7-29-51-47/h3-32,52-53H,1-2H3,(H,48,49,55)(H,50,51,56)/b14-10+,19-11+. The van der Waals surface area contributed by atoms with Crippen LogP contribution in [0, 0.1) is 0 Å². The maximum atomic E-state index is 12.8. The second-order valence-electron chi connectivity index (χ2n) is 14.0. The van der Waals surface area contributed by atoms with Gasteiger partial charge in [0.25, 0.3) is 20.0 Å². The van der Waals surface area contributed by atoms with Crippen LogP contribution in [0.5, 0.6) is 11.5 Å². The molecule has 0 amide bonds. The van der Waals surface area contributed by atoms with Crippen molar-refractivity contribution in [3.05, 3.63) is 181 Å². The number of ether oxygens (including phenoxy) is 2. The molecule has 0 bridgehead atoms. The van der Waals surface area contributed by atoms with Crippen molar-refractivity contribution < 1.29 is 26.3 Å². The Kier molecular flexibility index (Phi) is 12.9. The van der Waals surface area contributed by atoms with E-state index in [2.05, 4.69) is 40.0 Å². The third-order valence-corrected chi connectivity index (χ3v) is 12.3. The number of sulfonamides is 2. The van der Waals surface area contributed by atoms with E-state index in [1.807, 2.05) is 102 Å². The molecule has 0 saturated carbocycles. The molecule has 0 spiro atoms. The summed E-state index contributed by atoms with van der Waals surface area (Å²) < 4.78 is 69.4. The Balaban J connectivity index is 0.954. The van der Waals surface area contributed by atoms with Crippen LogP contribution in [0.15, 0.2) is 168 Å². The molecule has 0 fully saturated rings. The van der Waals surface area contributed by atoms with Crippen LogP contribution >= 0.6 is 0 Å². The van der Waals surface area contributed by atoms with Crippen LogP contribution in [-0.2, 0) is 20.0 Å². The molecule has 0 atom stereocenters. The molecule has 65 heavy (non-hydrogen) atoms. The minimum atomic E-state index is -3.88. The van der Waals surface area contributed by atoms with Crippen LogP contribution in [0.4, 0.5) is 34.6 Å². The van der Waals surface area contributed by atoms with Gasteiger partial charge in [0.1, 0.15) is 11.5 Å². The van der Waals surface area contributed by atoms with E-state index in [0.29, 0.717) is 34.2 Å². The first kappa shape index (κ1) is 43.3. The highest BCUT2D eigenvalue weighted by atomic mass is 32.2. The molecule has 0 aliphatic heterocycles. The van der Waals surface area contributed by atoms with Crippen LogP contribution < -0.4 is 29.6 Å². The molecule has 0 aliphatic carbocycles. The van der Waals surface area contributed by atoms with Gasteiger partial charge in [0, 0.05) is 36.2 Å². The van der Waals surface area contributed by atoms with Crippen molar-refractivity contribution in [1.82, 2.24) is 29.7 Å². The topological polar surface area (TPSA) is 204 Å². The number of hydrogen-bond donors (Lipinski definition) is 4. The predicted molar refractivity (Wildman–Crippen MR) is 253 cm³/mol. The average molecular weight is 905 g/mol. The van der Waals surface area contributed by atoms with Crippen molar-refractivity contribution >= 4 is 79.0 Å². The van der Waals surface area contributed by atoms with E-state index in [0.717, 1.165) is 28.2 Å². The van der Waals surface area contributed by atoms with Gasteiger partial charge in [0.05, 0.1) is 52.5 Å². The van der Waals surface area contributed by atoms with E-state index in [1.54, 1.807) is 50.6 Å². The lowest BCUT2D eigenvalue weighted by atomic mass is 10.1. The number of aromatic nitrogens is 6. The molecular weight excluding hydrogens is 865 g/mol. The lowest BCUT2D eigenvalue weighted by Gasteiger charge is -2.13. The number of methoxy groups -OCH3 is 2. The van der Waals surface area contributed by atoms with Crippen LogP contribution in [0.3, 0.4) is 0 Å². The van der Waals surface area contributed by atoms with Gasteiger partial charge in [0.15, 0.2) is 0 Å². The molecule has 16 nitrogen and oxygen atoms in total. The van der Waals surface area contributed by atoms with E-state index in [1.165, 1.54) is 49.1 Å². The molecule has 326 valence electrons. The van der Waals surface area contributed by atoms with Crippen molar-refractivity contribution in [2.45, 2.75) is 9.79 Å². The highest BCUT2D eigenvalue weighted by Gasteiger charge is 2.17.